The number of halogens is 1. The minimum absolute atomic E-state index is 0.0122. The number of rotatable bonds is 5. The first-order valence-electron chi connectivity index (χ1n) is 6.91. The predicted octanol–water partition coefficient (Wildman–Crippen LogP) is 4.27. The van der Waals surface area contributed by atoms with Crippen molar-refractivity contribution in [1.82, 2.24) is 5.32 Å². The molecule has 4 heteroatoms. The molecule has 1 aliphatic rings. The molecule has 0 aliphatic heterocycles. The van der Waals surface area contributed by atoms with Gasteiger partial charge in [-0.15, -0.1) is 11.8 Å². The van der Waals surface area contributed by atoms with Crippen molar-refractivity contribution in [3.8, 4) is 0 Å². The number of carbonyl (C=O) groups excluding carboxylic acids is 1. The summed E-state index contributed by atoms with van der Waals surface area (Å²) in [6, 6.07) is 8.07. The van der Waals surface area contributed by atoms with Gasteiger partial charge in [0.15, 0.2) is 0 Å². The van der Waals surface area contributed by atoms with E-state index in [0.717, 1.165) is 29.2 Å². The van der Waals surface area contributed by atoms with Gasteiger partial charge in [-0.05, 0) is 43.5 Å². The van der Waals surface area contributed by atoms with Crippen LogP contribution in [0.1, 0.15) is 39.0 Å². The van der Waals surface area contributed by atoms with Gasteiger partial charge in [-0.3, -0.25) is 4.79 Å². The van der Waals surface area contributed by atoms with E-state index in [9.17, 15) is 4.79 Å². The van der Waals surface area contributed by atoms with Gasteiger partial charge in [0.1, 0.15) is 0 Å². The Balaban J connectivity index is 1.91. The van der Waals surface area contributed by atoms with E-state index in [1.165, 1.54) is 12.8 Å². The first-order chi connectivity index (χ1) is 9.19. The molecule has 19 heavy (non-hydrogen) atoms. The normalized spacial score (nSPS) is 17.4. The second-order valence-electron chi connectivity index (χ2n) is 4.96. The molecule has 1 aromatic rings. The summed E-state index contributed by atoms with van der Waals surface area (Å²) in [6.45, 7) is 2.06. The van der Waals surface area contributed by atoms with Crippen LogP contribution in [0.5, 0.6) is 0 Å². The Labute approximate surface area is 124 Å². The summed E-state index contributed by atoms with van der Waals surface area (Å²) in [7, 11) is 0. The summed E-state index contributed by atoms with van der Waals surface area (Å²) in [5.41, 5.74) is 0. The highest BCUT2D eigenvalue weighted by Crippen LogP contribution is 2.27. The van der Waals surface area contributed by atoms with Gasteiger partial charge in [0.05, 0.1) is 5.25 Å². The third-order valence-electron chi connectivity index (χ3n) is 3.46. The van der Waals surface area contributed by atoms with E-state index in [2.05, 4.69) is 12.2 Å². The van der Waals surface area contributed by atoms with Crippen molar-refractivity contribution < 1.29 is 4.79 Å². The van der Waals surface area contributed by atoms with E-state index in [0.29, 0.717) is 6.04 Å². The summed E-state index contributed by atoms with van der Waals surface area (Å²) >= 11 is 7.49. The Bertz CT molecular complexity index is 415. The first-order valence-corrected chi connectivity index (χ1v) is 8.17. The average Bonchev–Trinajstić information content (AvgIpc) is 2.90. The van der Waals surface area contributed by atoms with Gasteiger partial charge in [-0.1, -0.05) is 31.4 Å². The fraction of sp³-hybridized carbons (Fsp3) is 0.533. The lowest BCUT2D eigenvalue weighted by Gasteiger charge is -2.18. The molecule has 1 aliphatic carbocycles. The molecule has 0 unspecified atom stereocenters. The van der Waals surface area contributed by atoms with Crippen molar-refractivity contribution in [2.24, 2.45) is 0 Å². The molecular formula is C15H20ClNOS. The van der Waals surface area contributed by atoms with Gasteiger partial charge in [0, 0.05) is 16.0 Å². The van der Waals surface area contributed by atoms with E-state index in [4.69, 9.17) is 11.6 Å². The fourth-order valence-electron chi connectivity index (χ4n) is 2.36. The lowest BCUT2D eigenvalue weighted by atomic mass is 10.2. The Kier molecular flexibility index (Phi) is 5.59. The minimum Gasteiger partial charge on any atom is -0.352 e. The number of carbonyl (C=O) groups is 1. The van der Waals surface area contributed by atoms with Crippen molar-refractivity contribution in [2.45, 2.75) is 55.2 Å². The molecule has 0 spiro atoms. The molecule has 0 bridgehead atoms. The molecular weight excluding hydrogens is 278 g/mol. The fourth-order valence-corrected chi connectivity index (χ4v) is 3.45. The SMILES string of the molecule is CC[C@H](Sc1ccc(Cl)cc1)C(=O)NC1CCCC1. The minimum atomic E-state index is -0.0122. The zero-order chi connectivity index (χ0) is 13.7. The van der Waals surface area contributed by atoms with E-state index in [-0.39, 0.29) is 11.2 Å². The third kappa shape index (κ3) is 4.43. The average molecular weight is 298 g/mol. The van der Waals surface area contributed by atoms with Crippen LogP contribution in [0.3, 0.4) is 0 Å². The van der Waals surface area contributed by atoms with Crippen LogP contribution in [-0.4, -0.2) is 17.2 Å². The van der Waals surface area contributed by atoms with Crippen LogP contribution < -0.4 is 5.32 Å². The maximum atomic E-state index is 12.2. The van der Waals surface area contributed by atoms with Crippen molar-refractivity contribution in [1.29, 1.82) is 0 Å². The second kappa shape index (κ2) is 7.20. The van der Waals surface area contributed by atoms with Crippen molar-refractivity contribution >= 4 is 29.3 Å². The molecule has 1 N–H and O–H groups in total. The molecule has 2 rings (SSSR count). The van der Waals surface area contributed by atoms with Crippen LogP contribution in [0.15, 0.2) is 29.2 Å². The van der Waals surface area contributed by atoms with Gasteiger partial charge in [0.25, 0.3) is 0 Å². The predicted molar refractivity (Wildman–Crippen MR) is 81.8 cm³/mol. The summed E-state index contributed by atoms with van der Waals surface area (Å²) in [4.78, 5) is 13.3. The Morgan fingerprint density at radius 2 is 2.00 bits per heavy atom. The first kappa shape index (κ1) is 14.7. The zero-order valence-corrected chi connectivity index (χ0v) is 12.8. The Hall–Kier alpha value is -0.670. The van der Waals surface area contributed by atoms with Crippen LogP contribution in [0.4, 0.5) is 0 Å². The van der Waals surface area contributed by atoms with E-state index in [1.54, 1.807) is 11.8 Å². The van der Waals surface area contributed by atoms with Gasteiger partial charge in [-0.25, -0.2) is 0 Å². The maximum Gasteiger partial charge on any atom is 0.233 e. The van der Waals surface area contributed by atoms with Crippen LogP contribution in [0.25, 0.3) is 0 Å². The molecule has 1 amide bonds. The summed E-state index contributed by atoms with van der Waals surface area (Å²) in [6.07, 6.45) is 5.59. The highest BCUT2D eigenvalue weighted by Gasteiger charge is 2.22. The molecule has 0 aromatic heterocycles. The smallest absolute Gasteiger partial charge is 0.233 e. The summed E-state index contributed by atoms with van der Waals surface area (Å²) in [5.74, 6) is 0.175. The number of benzene rings is 1. The van der Waals surface area contributed by atoms with Crippen LogP contribution in [-0.2, 0) is 4.79 Å². The Morgan fingerprint density at radius 3 is 2.58 bits per heavy atom. The molecule has 0 saturated heterocycles. The van der Waals surface area contributed by atoms with Crippen LogP contribution in [0.2, 0.25) is 5.02 Å². The summed E-state index contributed by atoms with van der Waals surface area (Å²) < 4.78 is 0. The molecule has 0 heterocycles. The maximum absolute atomic E-state index is 12.2. The number of hydrogen-bond donors (Lipinski definition) is 1. The standard InChI is InChI=1S/C15H20ClNOS/c1-2-14(15(18)17-12-5-3-4-6-12)19-13-9-7-11(16)8-10-13/h7-10,12,14H,2-6H2,1H3,(H,17,18)/t14-/m0/s1. The lowest BCUT2D eigenvalue weighted by molar-refractivity contribution is -0.121. The van der Waals surface area contributed by atoms with Crippen molar-refractivity contribution in [3.05, 3.63) is 29.3 Å². The summed E-state index contributed by atoms with van der Waals surface area (Å²) in [5, 5.41) is 3.89. The molecule has 1 saturated carbocycles. The van der Waals surface area contributed by atoms with Gasteiger partial charge < -0.3 is 5.32 Å². The molecule has 104 valence electrons. The van der Waals surface area contributed by atoms with E-state index in [1.807, 2.05) is 24.3 Å². The zero-order valence-electron chi connectivity index (χ0n) is 11.2. The van der Waals surface area contributed by atoms with Gasteiger partial charge >= 0.3 is 0 Å². The number of amides is 1. The van der Waals surface area contributed by atoms with E-state index < -0.39 is 0 Å². The molecule has 1 atom stereocenters. The molecule has 1 aromatic carbocycles. The Morgan fingerprint density at radius 1 is 1.37 bits per heavy atom. The second-order valence-corrected chi connectivity index (χ2v) is 6.67. The highest BCUT2D eigenvalue weighted by atomic mass is 35.5. The highest BCUT2D eigenvalue weighted by molar-refractivity contribution is 8.00. The number of thioether (sulfide) groups is 1. The molecule has 1 fully saturated rings. The molecule has 2 nitrogen and oxygen atoms in total. The number of nitrogens with one attached hydrogen (secondary N) is 1. The monoisotopic (exact) mass is 297 g/mol. The van der Waals surface area contributed by atoms with E-state index >= 15 is 0 Å². The topological polar surface area (TPSA) is 29.1 Å². The van der Waals surface area contributed by atoms with Crippen molar-refractivity contribution in [2.75, 3.05) is 0 Å². The van der Waals surface area contributed by atoms with Crippen LogP contribution >= 0.6 is 23.4 Å². The quantitative estimate of drug-likeness (QED) is 0.822. The largest absolute Gasteiger partial charge is 0.352 e. The third-order valence-corrected chi connectivity index (χ3v) is 5.08. The lowest BCUT2D eigenvalue weighted by Crippen LogP contribution is -2.38. The molecule has 0 radical (unpaired) electrons. The van der Waals surface area contributed by atoms with Crippen molar-refractivity contribution in [3.63, 3.8) is 0 Å². The van der Waals surface area contributed by atoms with Crippen LogP contribution in [0, 0.1) is 0 Å². The van der Waals surface area contributed by atoms with Gasteiger partial charge in [0.2, 0.25) is 5.91 Å². The van der Waals surface area contributed by atoms with Gasteiger partial charge in [-0.2, -0.15) is 0 Å². The number of hydrogen-bond acceptors (Lipinski definition) is 2.